The Morgan fingerprint density at radius 2 is 2.00 bits per heavy atom. The van der Waals surface area contributed by atoms with Gasteiger partial charge in [0.25, 0.3) is 0 Å². The van der Waals surface area contributed by atoms with Crippen molar-refractivity contribution in [2.75, 3.05) is 0 Å². The van der Waals surface area contributed by atoms with E-state index in [0.717, 1.165) is 6.42 Å². The van der Waals surface area contributed by atoms with Crippen molar-refractivity contribution in [2.45, 2.75) is 6.42 Å². The van der Waals surface area contributed by atoms with Crippen molar-refractivity contribution in [3.05, 3.63) is 22.4 Å². The number of hydrogen-bond donors (Lipinski definition) is 0. The van der Waals surface area contributed by atoms with E-state index in [1.165, 1.54) is 4.17 Å². The average Bonchev–Trinajstić information content (AvgIpc) is 1.86. The van der Waals surface area contributed by atoms with Crippen LogP contribution in [0.25, 0.3) is 0 Å². The summed E-state index contributed by atoms with van der Waals surface area (Å²) >= 11 is 2.84. The predicted octanol–water partition coefficient (Wildman–Crippen LogP) is -4.61. The van der Waals surface area contributed by atoms with Crippen molar-refractivity contribution in [2.24, 2.45) is 0 Å². The molecule has 0 aromatic carbocycles. The Labute approximate surface area is 93.9 Å². The fourth-order valence-electron chi connectivity index (χ4n) is 0.412. The van der Waals surface area contributed by atoms with Gasteiger partial charge in [-0.05, 0) is 0 Å². The maximum absolute atomic E-state index is 2.84. The Morgan fingerprint density at radius 3 is 2.12 bits per heavy atom. The van der Waals surface area contributed by atoms with Crippen LogP contribution in [0, 0.1) is 0 Å². The molecule has 0 aliphatic heterocycles. The van der Waals surface area contributed by atoms with Crippen molar-refractivity contribution in [3.8, 4) is 0 Å². The second kappa shape index (κ2) is 6.68. The fraction of sp³-hybridized carbons (Fsp3) is 0.200. The van der Waals surface area contributed by atoms with Gasteiger partial charge in [-0.25, -0.2) is 0 Å². The standard InChI is InChI=1S/C5H5.2HI.Rh/c1-2-4-5-3-1;;;/h1-3H,4H2;2*1H;/q;;;+2/p-2. The molecule has 1 aliphatic rings. The van der Waals surface area contributed by atoms with E-state index in [9.17, 15) is 0 Å². The number of rotatable bonds is 0. The van der Waals surface area contributed by atoms with Crippen molar-refractivity contribution in [1.29, 1.82) is 0 Å². The van der Waals surface area contributed by atoms with Gasteiger partial charge in [-0.1, -0.05) is 0 Å². The summed E-state index contributed by atoms with van der Waals surface area (Å²) in [6.45, 7) is 0. The number of allylic oxidation sites excluding steroid dienone is 4. The molecule has 0 aromatic rings. The monoisotopic (exact) mass is 422 g/mol. The normalized spacial score (nSPS) is 13.9. The van der Waals surface area contributed by atoms with Crippen LogP contribution in [0.2, 0.25) is 0 Å². The molecule has 0 N–H and O–H groups in total. The molecule has 0 fully saturated rings. The van der Waals surface area contributed by atoms with Crippen LogP contribution in [0.3, 0.4) is 0 Å². The van der Waals surface area contributed by atoms with Gasteiger partial charge in [-0.3, -0.25) is 0 Å². The molecule has 0 atom stereocenters. The van der Waals surface area contributed by atoms with E-state index in [1.54, 1.807) is 0 Å². The molecule has 0 radical (unpaired) electrons. The van der Waals surface area contributed by atoms with Gasteiger partial charge in [0, 0.05) is 0 Å². The van der Waals surface area contributed by atoms with Crippen LogP contribution in [0.4, 0.5) is 0 Å². The third-order valence-corrected chi connectivity index (χ3v) is 1.32. The maximum atomic E-state index is 2.84. The van der Waals surface area contributed by atoms with Crippen LogP contribution in [-0.2, 0) is 18.3 Å². The van der Waals surface area contributed by atoms with Crippen LogP contribution in [0.15, 0.2) is 22.4 Å². The molecule has 1 rings (SSSR count). The first kappa shape index (κ1) is 12.3. The number of halogens is 2. The molecule has 0 heterocycles. The zero-order valence-corrected chi connectivity index (χ0v) is 9.98. The molecular formula is C5H5I2Rh. The Hall–Kier alpha value is 1.56. The quantitative estimate of drug-likeness (QED) is 0.273. The van der Waals surface area contributed by atoms with E-state index in [4.69, 9.17) is 0 Å². The third-order valence-electron chi connectivity index (χ3n) is 0.709. The van der Waals surface area contributed by atoms with E-state index >= 15 is 0 Å². The molecule has 0 nitrogen and oxygen atoms in total. The molecule has 0 saturated heterocycles. The third kappa shape index (κ3) is 4.44. The number of hydrogen-bond acceptors (Lipinski definition) is 0. The van der Waals surface area contributed by atoms with Gasteiger partial charge in [0.2, 0.25) is 0 Å². The van der Waals surface area contributed by atoms with Crippen molar-refractivity contribution >= 4 is 0 Å². The summed E-state index contributed by atoms with van der Waals surface area (Å²) in [5.74, 6) is 0. The van der Waals surface area contributed by atoms with Gasteiger partial charge in [0.1, 0.15) is 0 Å². The van der Waals surface area contributed by atoms with Gasteiger partial charge in [0.15, 0.2) is 0 Å². The van der Waals surface area contributed by atoms with E-state index in [0.29, 0.717) is 0 Å². The molecule has 0 unspecified atom stereocenters. The van der Waals surface area contributed by atoms with Crippen LogP contribution >= 0.6 is 0 Å². The van der Waals surface area contributed by atoms with E-state index in [-0.39, 0.29) is 48.0 Å². The Morgan fingerprint density at radius 1 is 1.38 bits per heavy atom. The Kier molecular flexibility index (Phi) is 10.2. The molecule has 48 valence electrons. The van der Waals surface area contributed by atoms with E-state index in [1.807, 2.05) is 0 Å². The van der Waals surface area contributed by atoms with E-state index < -0.39 is 0 Å². The first-order valence-electron chi connectivity index (χ1n) is 1.88. The topological polar surface area (TPSA) is 0 Å². The van der Waals surface area contributed by atoms with Crippen LogP contribution < -0.4 is 48.0 Å². The summed E-state index contributed by atoms with van der Waals surface area (Å²) in [5.41, 5.74) is 0. The minimum absolute atomic E-state index is 0. The summed E-state index contributed by atoms with van der Waals surface area (Å²) in [4.78, 5) is 0. The summed E-state index contributed by atoms with van der Waals surface area (Å²) in [7, 11) is 0. The second-order valence-electron chi connectivity index (χ2n) is 1.22. The first-order valence-corrected chi connectivity index (χ1v) is 2.70. The van der Waals surface area contributed by atoms with Crippen molar-refractivity contribution < 1.29 is 66.3 Å². The zero-order valence-electron chi connectivity index (χ0n) is 4.03. The zero-order chi connectivity index (χ0) is 4.41. The molecule has 0 amide bonds. The SMILES string of the molecule is [I-].[I-].[Rh+2][C]1=CC=CC1. The molecule has 0 aromatic heterocycles. The van der Waals surface area contributed by atoms with Crippen LogP contribution in [0.5, 0.6) is 0 Å². The summed E-state index contributed by atoms with van der Waals surface area (Å²) in [6, 6.07) is 0. The molecule has 0 bridgehead atoms. The average molecular weight is 422 g/mol. The van der Waals surface area contributed by atoms with Crippen molar-refractivity contribution in [1.82, 2.24) is 0 Å². The molecular weight excluding hydrogens is 417 g/mol. The molecule has 1 aliphatic carbocycles. The predicted molar refractivity (Wildman–Crippen MR) is 21.8 cm³/mol. The van der Waals surface area contributed by atoms with Gasteiger partial charge < -0.3 is 48.0 Å². The summed E-state index contributed by atoms with van der Waals surface area (Å²) < 4.78 is 1.36. The molecule has 3 heteroatoms. The Bertz CT molecular complexity index is 107. The van der Waals surface area contributed by atoms with E-state index in [2.05, 4.69) is 36.5 Å². The molecule has 0 saturated carbocycles. The van der Waals surface area contributed by atoms with Gasteiger partial charge in [-0.15, -0.1) is 0 Å². The minimum atomic E-state index is 0. The second-order valence-corrected chi connectivity index (χ2v) is 2.27. The summed E-state index contributed by atoms with van der Waals surface area (Å²) in [6.07, 6.45) is 7.41. The molecule has 8 heavy (non-hydrogen) atoms. The Balaban J connectivity index is 0. The van der Waals surface area contributed by atoms with Gasteiger partial charge >= 0.3 is 47.1 Å². The summed E-state index contributed by atoms with van der Waals surface area (Å²) in [5, 5.41) is 0. The first-order chi connectivity index (χ1) is 2.89. The fourth-order valence-corrected chi connectivity index (χ4v) is 0.762. The van der Waals surface area contributed by atoms with Crippen LogP contribution in [-0.4, -0.2) is 0 Å². The van der Waals surface area contributed by atoms with Crippen molar-refractivity contribution in [3.63, 3.8) is 0 Å². The van der Waals surface area contributed by atoms with Gasteiger partial charge in [0.05, 0.1) is 0 Å². The van der Waals surface area contributed by atoms with Gasteiger partial charge in [-0.2, -0.15) is 0 Å². The van der Waals surface area contributed by atoms with Crippen LogP contribution in [0.1, 0.15) is 6.42 Å². The molecule has 0 spiro atoms.